The van der Waals surface area contributed by atoms with Crippen molar-refractivity contribution in [3.63, 3.8) is 0 Å². The SMILES string of the molecule is CC(=O)OC1COC(=O)C1(C)C. The molecule has 1 heterocycles. The molecule has 0 aliphatic carbocycles. The van der Waals surface area contributed by atoms with Crippen molar-refractivity contribution >= 4 is 11.9 Å². The number of carbonyl (C=O) groups excluding carboxylic acids is 2. The molecule has 0 amide bonds. The van der Waals surface area contributed by atoms with Gasteiger partial charge in [-0.3, -0.25) is 9.59 Å². The Hall–Kier alpha value is -1.06. The number of ether oxygens (including phenoxy) is 2. The van der Waals surface area contributed by atoms with Crippen LogP contribution in [0.15, 0.2) is 0 Å². The highest BCUT2D eigenvalue weighted by Crippen LogP contribution is 2.31. The van der Waals surface area contributed by atoms with Gasteiger partial charge in [-0.05, 0) is 13.8 Å². The molecular weight excluding hydrogens is 160 g/mol. The van der Waals surface area contributed by atoms with Crippen molar-refractivity contribution in [1.82, 2.24) is 0 Å². The van der Waals surface area contributed by atoms with Crippen LogP contribution in [0.3, 0.4) is 0 Å². The molecule has 12 heavy (non-hydrogen) atoms. The van der Waals surface area contributed by atoms with Crippen LogP contribution in [0.1, 0.15) is 20.8 Å². The Morgan fingerprint density at radius 3 is 2.58 bits per heavy atom. The van der Waals surface area contributed by atoms with E-state index in [-0.39, 0.29) is 18.5 Å². The van der Waals surface area contributed by atoms with Crippen molar-refractivity contribution in [1.29, 1.82) is 0 Å². The minimum atomic E-state index is -0.703. The van der Waals surface area contributed by atoms with Crippen LogP contribution < -0.4 is 0 Å². The van der Waals surface area contributed by atoms with Gasteiger partial charge in [0, 0.05) is 6.92 Å². The minimum Gasteiger partial charge on any atom is -0.461 e. The van der Waals surface area contributed by atoms with E-state index in [2.05, 4.69) is 0 Å². The van der Waals surface area contributed by atoms with Gasteiger partial charge in [0.1, 0.15) is 12.0 Å². The smallest absolute Gasteiger partial charge is 0.315 e. The predicted octanol–water partition coefficient (Wildman–Crippen LogP) is 0.501. The molecule has 1 rings (SSSR count). The lowest BCUT2D eigenvalue weighted by atomic mass is 9.89. The van der Waals surface area contributed by atoms with Crippen molar-refractivity contribution in [2.45, 2.75) is 26.9 Å². The van der Waals surface area contributed by atoms with Gasteiger partial charge in [0.15, 0.2) is 6.10 Å². The zero-order chi connectivity index (χ0) is 9.35. The fraction of sp³-hybridized carbons (Fsp3) is 0.750. The van der Waals surface area contributed by atoms with E-state index in [0.717, 1.165) is 0 Å². The molecular formula is C8H12O4. The van der Waals surface area contributed by atoms with E-state index in [1.165, 1.54) is 6.92 Å². The van der Waals surface area contributed by atoms with Gasteiger partial charge in [0.2, 0.25) is 0 Å². The predicted molar refractivity (Wildman–Crippen MR) is 40.3 cm³/mol. The van der Waals surface area contributed by atoms with Crippen LogP contribution in [0.4, 0.5) is 0 Å². The topological polar surface area (TPSA) is 52.6 Å². The van der Waals surface area contributed by atoms with E-state index in [4.69, 9.17) is 9.47 Å². The van der Waals surface area contributed by atoms with Crippen molar-refractivity contribution in [3.8, 4) is 0 Å². The molecule has 68 valence electrons. The standard InChI is InChI=1S/C8H12O4/c1-5(9)12-6-4-11-7(10)8(6,2)3/h6H,4H2,1-3H3. The van der Waals surface area contributed by atoms with Crippen LogP contribution in [0.25, 0.3) is 0 Å². The largest absolute Gasteiger partial charge is 0.461 e. The summed E-state index contributed by atoms with van der Waals surface area (Å²) < 4.78 is 9.68. The number of carbonyl (C=O) groups is 2. The fourth-order valence-electron chi connectivity index (χ4n) is 1.06. The summed E-state index contributed by atoms with van der Waals surface area (Å²) in [7, 11) is 0. The molecule has 1 atom stereocenters. The lowest BCUT2D eigenvalue weighted by molar-refractivity contribution is -0.151. The molecule has 1 fully saturated rings. The lowest BCUT2D eigenvalue weighted by Crippen LogP contribution is -2.34. The Balaban J connectivity index is 2.68. The average molecular weight is 172 g/mol. The summed E-state index contributed by atoms with van der Waals surface area (Å²) in [6.07, 6.45) is -0.442. The minimum absolute atomic E-state index is 0.172. The maximum atomic E-state index is 11.1. The zero-order valence-electron chi connectivity index (χ0n) is 7.42. The summed E-state index contributed by atoms with van der Waals surface area (Å²) in [6.45, 7) is 4.90. The highest BCUT2D eigenvalue weighted by molar-refractivity contribution is 5.79. The Kier molecular flexibility index (Phi) is 2.08. The summed E-state index contributed by atoms with van der Waals surface area (Å²) in [5.74, 6) is -0.694. The lowest BCUT2D eigenvalue weighted by Gasteiger charge is -2.20. The van der Waals surface area contributed by atoms with Crippen molar-refractivity contribution < 1.29 is 19.1 Å². The number of esters is 2. The molecule has 0 aromatic rings. The van der Waals surface area contributed by atoms with Gasteiger partial charge in [0.25, 0.3) is 0 Å². The molecule has 0 bridgehead atoms. The molecule has 1 aliphatic rings. The van der Waals surface area contributed by atoms with Gasteiger partial charge >= 0.3 is 11.9 Å². The fourth-order valence-corrected chi connectivity index (χ4v) is 1.06. The molecule has 1 saturated heterocycles. The Bertz CT molecular complexity index is 219. The van der Waals surface area contributed by atoms with E-state index in [0.29, 0.717) is 0 Å². The van der Waals surface area contributed by atoms with Crippen LogP contribution in [-0.4, -0.2) is 24.6 Å². The molecule has 0 aromatic heterocycles. The van der Waals surface area contributed by atoms with Gasteiger partial charge in [-0.2, -0.15) is 0 Å². The Labute approximate surface area is 70.8 Å². The summed E-state index contributed by atoms with van der Waals surface area (Å²) in [4.78, 5) is 21.7. The van der Waals surface area contributed by atoms with Crippen molar-refractivity contribution in [2.24, 2.45) is 5.41 Å². The molecule has 0 radical (unpaired) electrons. The second kappa shape index (κ2) is 2.77. The molecule has 0 N–H and O–H groups in total. The van der Waals surface area contributed by atoms with Crippen LogP contribution in [0.2, 0.25) is 0 Å². The molecule has 0 saturated carbocycles. The molecule has 0 spiro atoms. The third kappa shape index (κ3) is 1.42. The highest BCUT2D eigenvalue weighted by Gasteiger charge is 2.46. The first-order valence-corrected chi connectivity index (χ1v) is 3.79. The first-order valence-electron chi connectivity index (χ1n) is 3.79. The second-order valence-electron chi connectivity index (χ2n) is 3.42. The molecule has 1 unspecified atom stereocenters. The van der Waals surface area contributed by atoms with Gasteiger partial charge in [-0.1, -0.05) is 0 Å². The molecule has 4 nitrogen and oxygen atoms in total. The van der Waals surface area contributed by atoms with Crippen molar-refractivity contribution in [3.05, 3.63) is 0 Å². The van der Waals surface area contributed by atoms with E-state index in [1.54, 1.807) is 13.8 Å². The summed E-state index contributed by atoms with van der Waals surface area (Å²) in [6, 6.07) is 0. The second-order valence-corrected chi connectivity index (χ2v) is 3.42. The van der Waals surface area contributed by atoms with E-state index in [9.17, 15) is 9.59 Å². The molecule has 1 aliphatic heterocycles. The third-order valence-corrected chi connectivity index (χ3v) is 2.01. The van der Waals surface area contributed by atoms with Gasteiger partial charge < -0.3 is 9.47 Å². The zero-order valence-corrected chi connectivity index (χ0v) is 7.42. The normalized spacial score (nSPS) is 26.6. The van der Waals surface area contributed by atoms with Crippen LogP contribution in [0, 0.1) is 5.41 Å². The third-order valence-electron chi connectivity index (χ3n) is 2.01. The van der Waals surface area contributed by atoms with E-state index < -0.39 is 11.5 Å². The number of hydrogen-bond donors (Lipinski definition) is 0. The maximum absolute atomic E-state index is 11.1. The number of rotatable bonds is 1. The van der Waals surface area contributed by atoms with Gasteiger partial charge in [-0.25, -0.2) is 0 Å². The highest BCUT2D eigenvalue weighted by atomic mass is 16.6. The summed E-state index contributed by atoms with van der Waals surface area (Å²) in [5, 5.41) is 0. The van der Waals surface area contributed by atoms with Gasteiger partial charge in [-0.15, -0.1) is 0 Å². The van der Waals surface area contributed by atoms with E-state index >= 15 is 0 Å². The quantitative estimate of drug-likeness (QED) is 0.540. The monoisotopic (exact) mass is 172 g/mol. The van der Waals surface area contributed by atoms with Crippen LogP contribution >= 0.6 is 0 Å². The summed E-state index contributed by atoms with van der Waals surface area (Å²) >= 11 is 0. The molecule has 0 aromatic carbocycles. The Morgan fingerprint density at radius 2 is 2.25 bits per heavy atom. The van der Waals surface area contributed by atoms with Crippen LogP contribution in [-0.2, 0) is 19.1 Å². The first kappa shape index (κ1) is 9.03. The average Bonchev–Trinajstić information content (AvgIpc) is 2.15. The summed E-state index contributed by atoms with van der Waals surface area (Å²) in [5.41, 5.74) is -0.703. The molecule has 4 heteroatoms. The Morgan fingerprint density at radius 1 is 1.67 bits per heavy atom. The number of hydrogen-bond acceptors (Lipinski definition) is 4. The van der Waals surface area contributed by atoms with Gasteiger partial charge in [0.05, 0.1) is 0 Å². The van der Waals surface area contributed by atoms with E-state index in [1.807, 2.05) is 0 Å². The first-order chi connectivity index (χ1) is 5.44. The van der Waals surface area contributed by atoms with Crippen molar-refractivity contribution in [2.75, 3.05) is 6.61 Å². The maximum Gasteiger partial charge on any atom is 0.315 e. The number of cyclic esters (lactones) is 1. The van der Waals surface area contributed by atoms with Crippen LogP contribution in [0.5, 0.6) is 0 Å².